The van der Waals surface area contributed by atoms with E-state index in [9.17, 15) is 33.6 Å². The third-order valence-corrected chi connectivity index (χ3v) is 11.3. The Morgan fingerprint density at radius 2 is 1.30 bits per heavy atom. The van der Waals surface area contributed by atoms with E-state index in [1.165, 1.54) is 45.4 Å². The summed E-state index contributed by atoms with van der Waals surface area (Å²) < 4.78 is 5.15. The molecule has 0 spiro atoms. The van der Waals surface area contributed by atoms with Crippen molar-refractivity contribution in [3.8, 4) is 5.75 Å². The van der Waals surface area contributed by atoms with Crippen molar-refractivity contribution < 1.29 is 53.3 Å². The van der Waals surface area contributed by atoms with Crippen molar-refractivity contribution >= 4 is 53.8 Å². The van der Waals surface area contributed by atoms with Crippen molar-refractivity contribution in [3.05, 3.63) is 131 Å². The lowest BCUT2D eigenvalue weighted by Crippen LogP contribution is -2.54. The van der Waals surface area contributed by atoms with Gasteiger partial charge in [0.2, 0.25) is 30.0 Å². The number of aromatic carboxylic acids is 1. The maximum atomic E-state index is 13.2. The summed E-state index contributed by atoms with van der Waals surface area (Å²) >= 11 is 0. The molecule has 0 aromatic heterocycles. The Bertz CT molecular complexity index is 2320. The van der Waals surface area contributed by atoms with Crippen LogP contribution < -0.4 is 48.5 Å². The van der Waals surface area contributed by atoms with Crippen molar-refractivity contribution in [2.24, 2.45) is 29.0 Å². The van der Waals surface area contributed by atoms with E-state index in [-0.39, 0.29) is 25.4 Å². The van der Waals surface area contributed by atoms with E-state index in [1.54, 1.807) is 61.5 Å². The molecule has 3 aromatic rings. The van der Waals surface area contributed by atoms with Crippen LogP contribution >= 0.6 is 0 Å². The lowest BCUT2D eigenvalue weighted by atomic mass is 9.85. The van der Waals surface area contributed by atoms with Crippen LogP contribution in [0.25, 0.3) is 5.57 Å². The number of amides is 5. The van der Waals surface area contributed by atoms with Gasteiger partial charge in [-0.2, -0.15) is 0 Å². The first-order valence-electron chi connectivity index (χ1n) is 28.7. The maximum absolute atomic E-state index is 13.2. The van der Waals surface area contributed by atoms with Crippen LogP contribution in [0.2, 0.25) is 0 Å². The van der Waals surface area contributed by atoms with Crippen LogP contribution in [0.5, 0.6) is 5.75 Å². The van der Waals surface area contributed by atoms with E-state index in [4.69, 9.17) is 36.9 Å². The van der Waals surface area contributed by atoms with Crippen molar-refractivity contribution in [1.29, 1.82) is 0 Å². The molecule has 19 nitrogen and oxygen atoms in total. The Hall–Kier alpha value is -7.48. The molecule has 4 rings (SSSR count). The number of ether oxygens (including phenoxy) is 1. The number of hydrogen-bond donors (Lipinski definition) is 10. The molecule has 0 radical (unpaired) electrons. The Morgan fingerprint density at radius 3 is 1.80 bits per heavy atom. The van der Waals surface area contributed by atoms with Gasteiger partial charge in [-0.1, -0.05) is 164 Å². The van der Waals surface area contributed by atoms with E-state index in [2.05, 4.69) is 67.8 Å². The molecule has 4 unspecified atom stereocenters. The van der Waals surface area contributed by atoms with Gasteiger partial charge in [-0.05, 0) is 126 Å². The predicted molar refractivity (Wildman–Crippen MR) is 334 cm³/mol. The molecule has 0 heterocycles. The number of aryl methyl sites for hydroxylation is 1. The van der Waals surface area contributed by atoms with Gasteiger partial charge < -0.3 is 63.5 Å². The summed E-state index contributed by atoms with van der Waals surface area (Å²) in [6, 6.07) is 20.9. The number of hydrogen-bond acceptors (Lipinski definition) is 12. The lowest BCUT2D eigenvalue weighted by Gasteiger charge is -2.24. The summed E-state index contributed by atoms with van der Waals surface area (Å²) in [5.74, 6) is -2.21. The van der Waals surface area contributed by atoms with E-state index < -0.39 is 60.8 Å². The first-order valence-corrected chi connectivity index (χ1v) is 28.7. The van der Waals surface area contributed by atoms with Crippen LogP contribution in [-0.4, -0.2) is 115 Å². The van der Waals surface area contributed by atoms with Gasteiger partial charge in [0, 0.05) is 18.5 Å². The zero-order valence-corrected chi connectivity index (χ0v) is 51.5. The molecule has 0 bridgehead atoms. The number of allylic oxidation sites excluding steroid dienone is 4. The van der Waals surface area contributed by atoms with Crippen LogP contribution in [0.15, 0.2) is 109 Å². The topological polar surface area (TPSA) is 324 Å². The van der Waals surface area contributed by atoms with Crippen LogP contribution in [0.1, 0.15) is 154 Å². The summed E-state index contributed by atoms with van der Waals surface area (Å²) in [6.45, 7) is 25.5. The van der Waals surface area contributed by atoms with Crippen molar-refractivity contribution in [1.82, 2.24) is 26.6 Å². The molecule has 19 heteroatoms. The molecule has 0 saturated heterocycles. The molecule has 5 amide bonds. The maximum Gasteiger partial charge on any atom is 0.341 e. The van der Waals surface area contributed by atoms with Crippen LogP contribution in [-0.2, 0) is 40.0 Å². The second-order valence-electron chi connectivity index (χ2n) is 20.0. The number of carbonyl (C=O) groups excluding carboxylic acids is 6. The molecule has 4 atom stereocenters. The molecule has 13 N–H and O–H groups in total. The monoisotopic (exact) mass is 1160 g/mol. The quantitative estimate of drug-likeness (QED) is 0.0267. The van der Waals surface area contributed by atoms with Gasteiger partial charge in [0.05, 0.1) is 24.7 Å². The molecule has 83 heavy (non-hydrogen) atoms. The highest BCUT2D eigenvalue weighted by atomic mass is 16.5. The van der Waals surface area contributed by atoms with E-state index in [0.29, 0.717) is 35.9 Å². The predicted octanol–water partition coefficient (Wildman–Crippen LogP) is 8.23. The lowest BCUT2D eigenvalue weighted by molar-refractivity contribution is -0.139. The van der Waals surface area contributed by atoms with Crippen molar-refractivity contribution in [3.63, 3.8) is 0 Å². The highest BCUT2D eigenvalue weighted by molar-refractivity contribution is 5.93. The van der Waals surface area contributed by atoms with E-state index in [1.807, 2.05) is 70.2 Å². The number of aldehydes is 1. The third kappa shape index (κ3) is 44.8. The number of rotatable bonds is 26. The minimum atomic E-state index is -1.13. The number of nitrogens with two attached hydrogens (primary N) is 3. The van der Waals surface area contributed by atoms with Gasteiger partial charge >= 0.3 is 11.9 Å². The molecular weight excluding hydrogens is 1060 g/mol. The van der Waals surface area contributed by atoms with Gasteiger partial charge in [0.25, 0.3) is 0 Å². The van der Waals surface area contributed by atoms with Gasteiger partial charge in [-0.25, -0.2) is 9.59 Å². The fourth-order valence-corrected chi connectivity index (χ4v) is 7.23. The zero-order valence-electron chi connectivity index (χ0n) is 51.5. The number of nitrogens with one attached hydrogen (secondary N) is 5. The number of benzene rings is 3. The highest BCUT2D eigenvalue weighted by Gasteiger charge is 2.25. The van der Waals surface area contributed by atoms with Crippen LogP contribution in [0, 0.1) is 18.8 Å². The average molecular weight is 1160 g/mol. The Morgan fingerprint density at radius 1 is 0.747 bits per heavy atom. The molecule has 3 aromatic carbocycles. The average Bonchev–Trinajstić information content (AvgIpc) is 3.46. The fourth-order valence-electron chi connectivity index (χ4n) is 7.23. The highest BCUT2D eigenvalue weighted by Crippen LogP contribution is 2.27. The molecule has 1 aliphatic rings. The SMILES string of the molecule is C=C/C(=C\C=C(/C)CC(N)C(=O)NC(Cc1ccc(OCC(=O)O)cc1)C(=O)NCC(=O)NCC(=O)NC(C)CCN)c1ccccc1.CC.CC(C)C.CC(CC1CCCCC1)NC=O.CC=O.CCCN.Cc1ccc(C(=O)O)cc1. The summed E-state index contributed by atoms with van der Waals surface area (Å²) in [5.41, 5.74) is 21.5. The van der Waals surface area contributed by atoms with Crippen molar-refractivity contribution in [2.75, 3.05) is 32.8 Å². The van der Waals surface area contributed by atoms with Gasteiger partial charge in [-0.15, -0.1) is 0 Å². The second kappa shape index (κ2) is 51.4. The zero-order chi connectivity index (χ0) is 63.5. The molecular formula is C64H102N8O11. The largest absolute Gasteiger partial charge is 0.482 e. The number of carboxylic acids is 2. The summed E-state index contributed by atoms with van der Waals surface area (Å²) in [4.78, 5) is 90.8. The molecule has 1 fully saturated rings. The Labute approximate surface area is 495 Å². The number of carboxylic acid groups (broad SMARTS) is 2. The minimum Gasteiger partial charge on any atom is -0.482 e. The molecule has 0 aliphatic heterocycles. The van der Waals surface area contributed by atoms with Gasteiger partial charge in [-0.3, -0.25) is 24.0 Å². The minimum absolute atomic E-state index is 0.0316. The van der Waals surface area contributed by atoms with Gasteiger partial charge in [0.15, 0.2) is 6.61 Å². The summed E-state index contributed by atoms with van der Waals surface area (Å²) in [5, 5.41) is 30.4. The Kier molecular flexibility index (Phi) is 49.4. The Balaban J connectivity index is -0.00000146. The normalized spacial score (nSPS) is 13.0. The van der Waals surface area contributed by atoms with E-state index in [0.717, 1.165) is 59.8 Å². The smallest absolute Gasteiger partial charge is 0.341 e. The summed E-state index contributed by atoms with van der Waals surface area (Å²) in [7, 11) is 0. The standard InChI is InChI=1S/C35H46N6O7.C10H19NO.C8H8O2.C4H10.C3H9N.C2H4O.C2H6/c1-4-26(27-8-6-5-7-9-27)13-10-23(2)18-29(37)34(46)41-30(19-25-11-14-28(15-12-25)48-22-33(44)45)35(47)39-20-31(42)38-21-32(43)40-24(3)16-17-36;1-9(11-8-12)7-10-5-3-2-4-6-10;1-6-2-4-7(5-3-6)8(9)10;1-4(2)3;1-2-3-4;1-2-3;1-2/h4-15,24,29-30H,1,16-22,36-37H2,2-3H3,(H,38,42)(H,39,47)(H,40,43)(H,41,46)(H,44,45);8-10H,2-7H2,1H3,(H,11,12);2-5H,1H3,(H,9,10);4H,1-3H3;2-4H2,1H3;2H,1H3;1-2H3/b23-10+,26-13+;;;;;;. The second-order valence-corrected chi connectivity index (χ2v) is 20.0. The molecule has 1 saturated carbocycles. The van der Waals surface area contributed by atoms with Crippen LogP contribution in [0.4, 0.5) is 0 Å². The fraction of sp³-hybridized carbons (Fsp3) is 0.500. The first kappa shape index (κ1) is 79.7. The molecule has 464 valence electrons. The van der Waals surface area contributed by atoms with Gasteiger partial charge in [0.1, 0.15) is 18.1 Å². The van der Waals surface area contributed by atoms with E-state index >= 15 is 0 Å². The third-order valence-electron chi connectivity index (χ3n) is 11.3. The van der Waals surface area contributed by atoms with Crippen LogP contribution in [0.3, 0.4) is 0 Å². The number of aliphatic carboxylic acids is 1. The number of carbonyl (C=O) groups is 8. The summed E-state index contributed by atoms with van der Waals surface area (Å²) in [6.07, 6.45) is 17.0. The van der Waals surface area contributed by atoms with Crippen molar-refractivity contribution in [2.45, 2.75) is 165 Å². The first-order chi connectivity index (χ1) is 39.5. The molecule has 1 aliphatic carbocycles.